The van der Waals surface area contributed by atoms with E-state index < -0.39 is 0 Å². The van der Waals surface area contributed by atoms with E-state index in [1.54, 1.807) is 0 Å². The molecular formula is C16H18ClNO. The van der Waals surface area contributed by atoms with Gasteiger partial charge in [-0.25, -0.2) is 0 Å². The van der Waals surface area contributed by atoms with Gasteiger partial charge in [-0.1, -0.05) is 35.4 Å². The summed E-state index contributed by atoms with van der Waals surface area (Å²) in [6.45, 7) is 5.01. The van der Waals surface area contributed by atoms with Gasteiger partial charge in [0.05, 0.1) is 17.3 Å². The molecule has 0 atom stereocenters. The molecule has 0 radical (unpaired) electrons. The number of aryl methyl sites for hydroxylation is 1. The fourth-order valence-corrected chi connectivity index (χ4v) is 2.39. The predicted molar refractivity (Wildman–Crippen MR) is 81.2 cm³/mol. The normalized spacial score (nSPS) is 10.5. The predicted octanol–water partition coefficient (Wildman–Crippen LogP) is 4.30. The molecule has 2 rings (SSSR count). The number of anilines is 2. The molecule has 0 saturated carbocycles. The highest BCUT2D eigenvalue weighted by atomic mass is 35.5. The van der Waals surface area contributed by atoms with Gasteiger partial charge in [-0.15, -0.1) is 0 Å². The van der Waals surface area contributed by atoms with Crippen LogP contribution in [0, 0.1) is 6.92 Å². The first-order valence-corrected chi connectivity index (χ1v) is 6.77. The van der Waals surface area contributed by atoms with Crippen LogP contribution in [-0.4, -0.2) is 11.7 Å². The van der Waals surface area contributed by atoms with E-state index in [1.807, 2.05) is 18.2 Å². The van der Waals surface area contributed by atoms with Crippen LogP contribution >= 0.6 is 11.6 Å². The molecule has 0 fully saturated rings. The molecule has 2 nitrogen and oxygen atoms in total. The molecule has 2 aromatic rings. The average molecular weight is 276 g/mol. The Kier molecular flexibility index (Phi) is 4.46. The van der Waals surface area contributed by atoms with E-state index in [0.717, 1.165) is 23.5 Å². The second kappa shape index (κ2) is 6.09. The number of benzene rings is 2. The van der Waals surface area contributed by atoms with Gasteiger partial charge in [0.25, 0.3) is 0 Å². The van der Waals surface area contributed by atoms with Crippen LogP contribution in [-0.2, 0) is 6.61 Å². The number of nitrogens with zero attached hydrogens (tertiary/aromatic N) is 1. The highest BCUT2D eigenvalue weighted by Gasteiger charge is 2.11. The van der Waals surface area contributed by atoms with E-state index in [0.29, 0.717) is 5.02 Å². The second-order valence-electron chi connectivity index (χ2n) is 4.52. The van der Waals surface area contributed by atoms with Crippen LogP contribution in [0.4, 0.5) is 11.4 Å². The minimum Gasteiger partial charge on any atom is -0.392 e. The molecule has 1 N–H and O–H groups in total. The van der Waals surface area contributed by atoms with Crippen LogP contribution in [0.3, 0.4) is 0 Å². The standard InChI is InChI=1S/C16H18ClNO/c1-3-18(14-7-4-12(2)5-8-14)16-9-6-13(11-19)10-15(16)17/h4-10,19H,3,11H2,1-2H3. The summed E-state index contributed by atoms with van der Waals surface area (Å²) in [6.07, 6.45) is 0. The maximum absolute atomic E-state index is 9.12. The number of hydrogen-bond donors (Lipinski definition) is 1. The highest BCUT2D eigenvalue weighted by molar-refractivity contribution is 6.33. The Morgan fingerprint density at radius 1 is 1.11 bits per heavy atom. The van der Waals surface area contributed by atoms with Gasteiger partial charge in [-0.3, -0.25) is 0 Å². The van der Waals surface area contributed by atoms with Crippen LogP contribution in [0.5, 0.6) is 0 Å². The largest absolute Gasteiger partial charge is 0.392 e. The molecular weight excluding hydrogens is 258 g/mol. The van der Waals surface area contributed by atoms with E-state index in [2.05, 4.69) is 43.0 Å². The third-order valence-electron chi connectivity index (χ3n) is 3.15. The maximum Gasteiger partial charge on any atom is 0.0682 e. The van der Waals surface area contributed by atoms with Gasteiger partial charge in [-0.05, 0) is 43.7 Å². The minimum absolute atomic E-state index is 0.0106. The van der Waals surface area contributed by atoms with Crippen molar-refractivity contribution in [1.82, 2.24) is 0 Å². The Hall–Kier alpha value is -1.51. The molecule has 0 unspecified atom stereocenters. The molecule has 0 heterocycles. The zero-order valence-corrected chi connectivity index (χ0v) is 12.0. The Bertz CT molecular complexity index is 551. The second-order valence-corrected chi connectivity index (χ2v) is 4.93. The highest BCUT2D eigenvalue weighted by Crippen LogP contribution is 2.32. The Balaban J connectivity index is 2.39. The molecule has 3 heteroatoms. The fraction of sp³-hybridized carbons (Fsp3) is 0.250. The van der Waals surface area contributed by atoms with Gasteiger partial charge >= 0.3 is 0 Å². The van der Waals surface area contributed by atoms with Crippen LogP contribution in [0.25, 0.3) is 0 Å². The van der Waals surface area contributed by atoms with E-state index in [1.165, 1.54) is 5.56 Å². The lowest BCUT2D eigenvalue weighted by atomic mass is 10.1. The molecule has 0 aliphatic rings. The molecule has 0 amide bonds. The van der Waals surface area contributed by atoms with Gasteiger partial charge < -0.3 is 10.0 Å². The average Bonchev–Trinajstić information content (AvgIpc) is 2.43. The van der Waals surface area contributed by atoms with Gasteiger partial charge in [0.2, 0.25) is 0 Å². The van der Waals surface area contributed by atoms with Crippen molar-refractivity contribution in [3.05, 3.63) is 58.6 Å². The molecule has 0 aromatic heterocycles. The molecule has 19 heavy (non-hydrogen) atoms. The summed E-state index contributed by atoms with van der Waals surface area (Å²) in [5.41, 5.74) is 4.15. The molecule has 2 aromatic carbocycles. The summed E-state index contributed by atoms with van der Waals surface area (Å²) in [5, 5.41) is 9.79. The molecule has 0 aliphatic heterocycles. The van der Waals surface area contributed by atoms with E-state index in [-0.39, 0.29) is 6.61 Å². The number of halogens is 1. The van der Waals surface area contributed by atoms with E-state index in [4.69, 9.17) is 16.7 Å². The molecule has 0 aliphatic carbocycles. The van der Waals surface area contributed by atoms with Crippen molar-refractivity contribution in [2.45, 2.75) is 20.5 Å². The van der Waals surface area contributed by atoms with Crippen molar-refractivity contribution in [2.24, 2.45) is 0 Å². The Labute approximate surface area is 119 Å². The first kappa shape index (κ1) is 13.9. The summed E-state index contributed by atoms with van der Waals surface area (Å²) in [7, 11) is 0. The lowest BCUT2D eigenvalue weighted by Gasteiger charge is -2.24. The first-order valence-electron chi connectivity index (χ1n) is 6.39. The lowest BCUT2D eigenvalue weighted by molar-refractivity contribution is 0.282. The molecule has 0 saturated heterocycles. The van der Waals surface area contributed by atoms with Gasteiger partial charge in [0.15, 0.2) is 0 Å². The molecule has 0 bridgehead atoms. The van der Waals surface area contributed by atoms with Crippen molar-refractivity contribution in [3.8, 4) is 0 Å². The maximum atomic E-state index is 9.12. The summed E-state index contributed by atoms with van der Waals surface area (Å²) in [4.78, 5) is 2.16. The van der Waals surface area contributed by atoms with E-state index >= 15 is 0 Å². The fourth-order valence-electron chi connectivity index (χ4n) is 2.08. The summed E-state index contributed by atoms with van der Waals surface area (Å²) in [5.74, 6) is 0. The number of aliphatic hydroxyl groups is 1. The van der Waals surface area contributed by atoms with Gasteiger partial charge in [0, 0.05) is 12.2 Å². The number of aliphatic hydroxyl groups excluding tert-OH is 1. The third kappa shape index (κ3) is 3.09. The van der Waals surface area contributed by atoms with Crippen LogP contribution in [0.1, 0.15) is 18.1 Å². The first-order chi connectivity index (χ1) is 9.15. The van der Waals surface area contributed by atoms with Crippen molar-refractivity contribution >= 4 is 23.0 Å². The van der Waals surface area contributed by atoms with Gasteiger partial charge in [0.1, 0.15) is 0 Å². The van der Waals surface area contributed by atoms with Crippen molar-refractivity contribution in [2.75, 3.05) is 11.4 Å². The molecule has 0 spiro atoms. The smallest absolute Gasteiger partial charge is 0.0682 e. The van der Waals surface area contributed by atoms with Crippen molar-refractivity contribution < 1.29 is 5.11 Å². The van der Waals surface area contributed by atoms with Crippen LogP contribution in [0.2, 0.25) is 5.02 Å². The lowest BCUT2D eigenvalue weighted by Crippen LogP contribution is -2.16. The number of rotatable bonds is 4. The topological polar surface area (TPSA) is 23.5 Å². The van der Waals surface area contributed by atoms with Crippen molar-refractivity contribution in [1.29, 1.82) is 0 Å². The zero-order valence-electron chi connectivity index (χ0n) is 11.2. The Morgan fingerprint density at radius 3 is 2.32 bits per heavy atom. The van der Waals surface area contributed by atoms with Crippen molar-refractivity contribution in [3.63, 3.8) is 0 Å². The monoisotopic (exact) mass is 275 g/mol. The SMILES string of the molecule is CCN(c1ccc(C)cc1)c1ccc(CO)cc1Cl. The minimum atomic E-state index is 0.0106. The van der Waals surface area contributed by atoms with E-state index in [9.17, 15) is 0 Å². The Morgan fingerprint density at radius 2 is 1.79 bits per heavy atom. The van der Waals surface area contributed by atoms with Gasteiger partial charge in [-0.2, -0.15) is 0 Å². The zero-order chi connectivity index (χ0) is 13.8. The van der Waals surface area contributed by atoms with Crippen LogP contribution < -0.4 is 4.90 Å². The summed E-state index contributed by atoms with van der Waals surface area (Å²) < 4.78 is 0. The molecule has 100 valence electrons. The quantitative estimate of drug-likeness (QED) is 0.899. The van der Waals surface area contributed by atoms with Crippen LogP contribution in [0.15, 0.2) is 42.5 Å². The third-order valence-corrected chi connectivity index (χ3v) is 3.45. The number of hydrogen-bond acceptors (Lipinski definition) is 2. The summed E-state index contributed by atoms with van der Waals surface area (Å²) >= 11 is 6.31. The summed E-state index contributed by atoms with van der Waals surface area (Å²) in [6, 6.07) is 14.0.